The minimum atomic E-state index is 0.0370. The largest absolute Gasteiger partial charge is 0.508 e. The molecule has 164 valence electrons. The van der Waals surface area contributed by atoms with Crippen LogP contribution in [0.1, 0.15) is 76.3 Å². The lowest BCUT2D eigenvalue weighted by Crippen LogP contribution is -2.00. The van der Waals surface area contributed by atoms with Gasteiger partial charge in [-0.05, 0) is 48.2 Å². The Morgan fingerprint density at radius 1 is 0.600 bits per heavy atom. The van der Waals surface area contributed by atoms with E-state index in [-0.39, 0.29) is 11.5 Å². The standard InChI is InChI=1S/C26H36O4/c1-3-5-7-9-13-29-25-17-22(12-11-21-15-23(27)19-24(28)16-21)18-26(20-25)30-14-10-8-6-4-2/h11-12,15-20,27-28H,3-10,13-14H2,1-2H3/b12-11+. The predicted molar refractivity (Wildman–Crippen MR) is 124 cm³/mol. The first-order valence-corrected chi connectivity index (χ1v) is 11.2. The zero-order chi connectivity index (χ0) is 21.6. The van der Waals surface area contributed by atoms with Crippen LogP contribution in [0.4, 0.5) is 0 Å². The quantitative estimate of drug-likeness (QED) is 0.255. The molecule has 2 aromatic rings. The zero-order valence-corrected chi connectivity index (χ0v) is 18.4. The number of phenolic OH excluding ortho intramolecular Hbond substituents is 2. The van der Waals surface area contributed by atoms with Crippen molar-refractivity contribution in [3.63, 3.8) is 0 Å². The molecule has 0 atom stereocenters. The Kier molecular flexibility index (Phi) is 10.7. The second kappa shape index (κ2) is 13.6. The Labute approximate surface area is 181 Å². The molecule has 30 heavy (non-hydrogen) atoms. The molecule has 0 aliphatic carbocycles. The van der Waals surface area contributed by atoms with E-state index in [1.54, 1.807) is 12.1 Å². The van der Waals surface area contributed by atoms with Gasteiger partial charge in [0.1, 0.15) is 23.0 Å². The summed E-state index contributed by atoms with van der Waals surface area (Å²) in [6.45, 7) is 5.80. The Bertz CT molecular complexity index is 730. The molecule has 0 aliphatic rings. The van der Waals surface area contributed by atoms with E-state index in [1.807, 2.05) is 30.4 Å². The highest BCUT2D eigenvalue weighted by Crippen LogP contribution is 2.26. The zero-order valence-electron chi connectivity index (χ0n) is 18.4. The van der Waals surface area contributed by atoms with Crippen molar-refractivity contribution in [1.29, 1.82) is 0 Å². The first kappa shape index (κ1) is 23.7. The van der Waals surface area contributed by atoms with E-state index in [0.717, 1.165) is 35.5 Å². The molecule has 4 heteroatoms. The lowest BCUT2D eigenvalue weighted by Gasteiger charge is -2.11. The van der Waals surface area contributed by atoms with Gasteiger partial charge < -0.3 is 19.7 Å². The molecule has 2 N–H and O–H groups in total. The first-order chi connectivity index (χ1) is 14.6. The van der Waals surface area contributed by atoms with Crippen LogP contribution in [-0.2, 0) is 0 Å². The van der Waals surface area contributed by atoms with Gasteiger partial charge >= 0.3 is 0 Å². The molecular weight excluding hydrogens is 376 g/mol. The number of ether oxygens (including phenoxy) is 2. The maximum absolute atomic E-state index is 9.66. The van der Waals surface area contributed by atoms with Crippen molar-refractivity contribution in [2.75, 3.05) is 13.2 Å². The van der Waals surface area contributed by atoms with Crippen molar-refractivity contribution in [1.82, 2.24) is 0 Å². The first-order valence-electron chi connectivity index (χ1n) is 11.2. The van der Waals surface area contributed by atoms with Crippen LogP contribution in [0.3, 0.4) is 0 Å². The van der Waals surface area contributed by atoms with Crippen molar-refractivity contribution in [3.05, 3.63) is 47.5 Å². The number of phenols is 2. The molecular formula is C26H36O4. The second-order valence-corrected chi connectivity index (χ2v) is 7.67. The number of rotatable bonds is 14. The van der Waals surface area contributed by atoms with Crippen LogP contribution < -0.4 is 9.47 Å². The van der Waals surface area contributed by atoms with E-state index in [4.69, 9.17) is 9.47 Å². The molecule has 0 bridgehead atoms. The summed E-state index contributed by atoms with van der Waals surface area (Å²) in [5.41, 5.74) is 1.67. The number of benzene rings is 2. The highest BCUT2D eigenvalue weighted by molar-refractivity contribution is 5.72. The van der Waals surface area contributed by atoms with E-state index in [9.17, 15) is 10.2 Å². The fraction of sp³-hybridized carbons (Fsp3) is 0.462. The van der Waals surface area contributed by atoms with Crippen molar-refractivity contribution in [2.45, 2.75) is 65.2 Å². The Morgan fingerprint density at radius 3 is 1.53 bits per heavy atom. The minimum absolute atomic E-state index is 0.0370. The molecule has 0 saturated carbocycles. The van der Waals surface area contributed by atoms with Gasteiger partial charge in [0.15, 0.2) is 0 Å². The minimum Gasteiger partial charge on any atom is -0.508 e. The third-order valence-corrected chi connectivity index (χ3v) is 4.83. The Hall–Kier alpha value is -2.62. The number of aromatic hydroxyl groups is 2. The maximum atomic E-state index is 9.66. The molecule has 0 saturated heterocycles. The van der Waals surface area contributed by atoms with Crippen LogP contribution in [0.5, 0.6) is 23.0 Å². The second-order valence-electron chi connectivity index (χ2n) is 7.67. The monoisotopic (exact) mass is 412 g/mol. The van der Waals surface area contributed by atoms with Crippen LogP contribution in [-0.4, -0.2) is 23.4 Å². The molecule has 0 radical (unpaired) electrons. The number of hydrogen-bond acceptors (Lipinski definition) is 4. The van der Waals surface area contributed by atoms with Crippen molar-refractivity contribution in [3.8, 4) is 23.0 Å². The number of hydrogen-bond donors (Lipinski definition) is 2. The van der Waals surface area contributed by atoms with Crippen LogP contribution in [0.15, 0.2) is 36.4 Å². The van der Waals surface area contributed by atoms with E-state index in [2.05, 4.69) is 13.8 Å². The fourth-order valence-electron chi connectivity index (χ4n) is 3.20. The molecule has 0 unspecified atom stereocenters. The summed E-state index contributed by atoms with van der Waals surface area (Å²) >= 11 is 0. The molecule has 0 aliphatic heterocycles. The Morgan fingerprint density at radius 2 is 1.07 bits per heavy atom. The van der Waals surface area contributed by atoms with Gasteiger partial charge in [-0.15, -0.1) is 0 Å². The topological polar surface area (TPSA) is 58.9 Å². The van der Waals surface area contributed by atoms with Crippen molar-refractivity contribution >= 4 is 12.2 Å². The highest BCUT2D eigenvalue weighted by Gasteiger charge is 2.03. The van der Waals surface area contributed by atoms with Crippen LogP contribution in [0.2, 0.25) is 0 Å². The van der Waals surface area contributed by atoms with Gasteiger partial charge in [0.25, 0.3) is 0 Å². The number of unbranched alkanes of at least 4 members (excludes halogenated alkanes) is 6. The summed E-state index contributed by atoms with van der Waals surface area (Å²) in [6, 6.07) is 10.5. The normalized spacial score (nSPS) is 11.1. The van der Waals surface area contributed by atoms with Gasteiger partial charge in [-0.25, -0.2) is 0 Å². The molecule has 0 heterocycles. The van der Waals surface area contributed by atoms with Gasteiger partial charge in [0.2, 0.25) is 0 Å². The van der Waals surface area contributed by atoms with Gasteiger partial charge in [0, 0.05) is 12.1 Å². The van der Waals surface area contributed by atoms with Crippen LogP contribution in [0.25, 0.3) is 12.2 Å². The SMILES string of the molecule is CCCCCCOc1cc(/C=C/c2cc(O)cc(O)c2)cc(OCCCCCC)c1. The van der Waals surface area contributed by atoms with Crippen LogP contribution >= 0.6 is 0 Å². The summed E-state index contributed by atoms with van der Waals surface area (Å²) in [5.74, 6) is 1.68. The molecule has 0 amide bonds. The van der Waals surface area contributed by atoms with E-state index >= 15 is 0 Å². The van der Waals surface area contributed by atoms with Gasteiger partial charge in [-0.2, -0.15) is 0 Å². The molecule has 0 spiro atoms. The van der Waals surface area contributed by atoms with Gasteiger partial charge in [0.05, 0.1) is 13.2 Å². The molecule has 4 nitrogen and oxygen atoms in total. The van der Waals surface area contributed by atoms with E-state index in [1.165, 1.54) is 44.6 Å². The summed E-state index contributed by atoms with van der Waals surface area (Å²) in [7, 11) is 0. The molecule has 0 fully saturated rings. The summed E-state index contributed by atoms with van der Waals surface area (Å²) in [4.78, 5) is 0. The van der Waals surface area contributed by atoms with Crippen molar-refractivity contribution < 1.29 is 19.7 Å². The van der Waals surface area contributed by atoms with Crippen LogP contribution in [0, 0.1) is 0 Å². The summed E-state index contributed by atoms with van der Waals surface area (Å²) < 4.78 is 12.0. The Balaban J connectivity index is 2.08. The molecule has 0 aromatic heterocycles. The third kappa shape index (κ3) is 9.25. The summed E-state index contributed by atoms with van der Waals surface area (Å²) in [6.07, 6.45) is 13.1. The van der Waals surface area contributed by atoms with Crippen molar-refractivity contribution in [2.24, 2.45) is 0 Å². The highest BCUT2D eigenvalue weighted by atomic mass is 16.5. The van der Waals surface area contributed by atoms with Gasteiger partial charge in [-0.3, -0.25) is 0 Å². The molecule has 2 rings (SSSR count). The summed E-state index contributed by atoms with van der Waals surface area (Å²) in [5, 5.41) is 19.3. The third-order valence-electron chi connectivity index (χ3n) is 4.83. The average Bonchev–Trinajstić information content (AvgIpc) is 2.71. The lowest BCUT2D eigenvalue weighted by molar-refractivity contribution is 0.290. The average molecular weight is 413 g/mol. The lowest BCUT2D eigenvalue weighted by atomic mass is 10.1. The smallest absolute Gasteiger partial charge is 0.123 e. The molecule has 2 aromatic carbocycles. The van der Waals surface area contributed by atoms with E-state index < -0.39 is 0 Å². The predicted octanol–water partition coefficient (Wildman–Crippen LogP) is 7.19. The maximum Gasteiger partial charge on any atom is 0.123 e. The fourth-order valence-corrected chi connectivity index (χ4v) is 3.20. The van der Waals surface area contributed by atoms with Gasteiger partial charge in [-0.1, -0.05) is 64.5 Å². The van der Waals surface area contributed by atoms with E-state index in [0.29, 0.717) is 13.2 Å².